The predicted molar refractivity (Wildman–Crippen MR) is 51.6 cm³/mol. The van der Waals surface area contributed by atoms with Crippen LogP contribution in [0.15, 0.2) is 24.3 Å². The lowest BCUT2D eigenvalue weighted by Crippen LogP contribution is -2.54. The minimum atomic E-state index is -1.49. The summed E-state index contributed by atoms with van der Waals surface area (Å²) in [6.07, 6.45) is 0. The molecular weight excluding hydrogens is 215 g/mol. The highest BCUT2D eigenvalue weighted by Gasteiger charge is 2.53. The van der Waals surface area contributed by atoms with Crippen LogP contribution in [0, 0.1) is 11.2 Å². The summed E-state index contributed by atoms with van der Waals surface area (Å²) in [5.41, 5.74) is -1.30. The number of hydrogen-bond acceptors (Lipinski definition) is 3. The number of ether oxygens (including phenoxy) is 1. The van der Waals surface area contributed by atoms with Gasteiger partial charge in [0, 0.05) is 5.56 Å². The first-order chi connectivity index (χ1) is 7.56. The van der Waals surface area contributed by atoms with Gasteiger partial charge in [0.15, 0.2) is 11.2 Å². The number of hydrogen-bond donors (Lipinski definition) is 1. The second-order valence-electron chi connectivity index (χ2n) is 3.72. The number of carboxylic acid groups (broad SMARTS) is 1. The van der Waals surface area contributed by atoms with Crippen LogP contribution in [-0.2, 0) is 9.53 Å². The van der Waals surface area contributed by atoms with Crippen LogP contribution in [0.4, 0.5) is 4.39 Å². The summed E-state index contributed by atoms with van der Waals surface area (Å²) in [5.74, 6) is -2.20. The van der Waals surface area contributed by atoms with Crippen molar-refractivity contribution in [3.05, 3.63) is 35.6 Å². The van der Waals surface area contributed by atoms with Crippen LogP contribution < -0.4 is 0 Å². The third-order valence-corrected chi connectivity index (χ3v) is 2.65. The van der Waals surface area contributed by atoms with E-state index < -0.39 is 23.0 Å². The van der Waals surface area contributed by atoms with Gasteiger partial charge in [-0.05, 0) is 24.3 Å². The van der Waals surface area contributed by atoms with E-state index in [2.05, 4.69) is 0 Å². The second kappa shape index (κ2) is 3.68. The molecule has 0 aliphatic carbocycles. The SMILES string of the molecule is O=C(O)C1(C(=O)c2ccc(F)cc2)COC1. The van der Waals surface area contributed by atoms with E-state index in [4.69, 9.17) is 9.84 Å². The number of halogens is 1. The molecule has 1 fully saturated rings. The van der Waals surface area contributed by atoms with E-state index in [0.29, 0.717) is 0 Å². The molecular formula is C11H9FO4. The molecule has 0 bridgehead atoms. The number of Topliss-reactive ketones (excluding diaryl/α,β-unsaturated/α-hetero) is 1. The van der Waals surface area contributed by atoms with E-state index in [-0.39, 0.29) is 18.8 Å². The zero-order chi connectivity index (χ0) is 11.8. The van der Waals surface area contributed by atoms with Gasteiger partial charge in [-0.25, -0.2) is 4.39 Å². The zero-order valence-corrected chi connectivity index (χ0v) is 8.27. The molecule has 1 heterocycles. The number of rotatable bonds is 3. The van der Waals surface area contributed by atoms with Gasteiger partial charge in [-0.2, -0.15) is 0 Å². The van der Waals surface area contributed by atoms with Crippen LogP contribution in [0.25, 0.3) is 0 Å². The summed E-state index contributed by atoms with van der Waals surface area (Å²) in [6, 6.07) is 4.81. The van der Waals surface area contributed by atoms with Gasteiger partial charge in [0.2, 0.25) is 0 Å². The highest BCUT2D eigenvalue weighted by Crippen LogP contribution is 2.32. The standard InChI is InChI=1S/C11H9FO4/c12-8-3-1-7(2-4-8)9(13)11(10(14)15)5-16-6-11/h1-4H,5-6H2,(H,14,15). The van der Waals surface area contributed by atoms with Crippen LogP contribution >= 0.6 is 0 Å². The number of carbonyl (C=O) groups is 2. The number of carboxylic acids is 1. The Morgan fingerprint density at radius 2 is 1.81 bits per heavy atom. The van der Waals surface area contributed by atoms with Crippen molar-refractivity contribution >= 4 is 11.8 Å². The zero-order valence-electron chi connectivity index (χ0n) is 8.27. The fraction of sp³-hybridized carbons (Fsp3) is 0.273. The Bertz CT molecular complexity index is 434. The average Bonchev–Trinajstić information content (AvgIpc) is 2.16. The van der Waals surface area contributed by atoms with Gasteiger partial charge in [-0.3, -0.25) is 9.59 Å². The Morgan fingerprint density at radius 3 is 2.19 bits per heavy atom. The van der Waals surface area contributed by atoms with E-state index in [1.807, 2.05) is 0 Å². The predicted octanol–water partition coefficient (Wildman–Crippen LogP) is 1.11. The number of aliphatic carboxylic acids is 1. The Labute approximate surface area is 90.6 Å². The molecule has 0 spiro atoms. The van der Waals surface area contributed by atoms with E-state index in [1.165, 1.54) is 12.1 Å². The first kappa shape index (κ1) is 10.8. The van der Waals surface area contributed by atoms with Crippen molar-refractivity contribution in [2.75, 3.05) is 13.2 Å². The Hall–Kier alpha value is -1.75. The number of benzene rings is 1. The summed E-state index contributed by atoms with van der Waals surface area (Å²) in [5, 5.41) is 9.00. The fourth-order valence-corrected chi connectivity index (χ4v) is 1.54. The van der Waals surface area contributed by atoms with Gasteiger partial charge in [0.25, 0.3) is 0 Å². The molecule has 1 N–H and O–H groups in total. The van der Waals surface area contributed by atoms with E-state index in [9.17, 15) is 14.0 Å². The van der Waals surface area contributed by atoms with Crippen molar-refractivity contribution in [1.29, 1.82) is 0 Å². The van der Waals surface area contributed by atoms with Crippen LogP contribution in [0.5, 0.6) is 0 Å². The average molecular weight is 224 g/mol. The second-order valence-corrected chi connectivity index (χ2v) is 3.72. The summed E-state index contributed by atoms with van der Waals surface area (Å²) in [7, 11) is 0. The van der Waals surface area contributed by atoms with E-state index in [0.717, 1.165) is 12.1 Å². The Balaban J connectivity index is 2.31. The molecule has 84 valence electrons. The maximum atomic E-state index is 12.6. The number of ketones is 1. The van der Waals surface area contributed by atoms with Gasteiger partial charge < -0.3 is 9.84 Å². The molecule has 0 radical (unpaired) electrons. The van der Waals surface area contributed by atoms with Crippen LogP contribution in [0.3, 0.4) is 0 Å². The molecule has 1 aliphatic rings. The lowest BCUT2D eigenvalue weighted by Gasteiger charge is -2.35. The summed E-state index contributed by atoms with van der Waals surface area (Å²) in [6.45, 7) is -0.253. The topological polar surface area (TPSA) is 63.6 Å². The lowest BCUT2D eigenvalue weighted by molar-refractivity contribution is -0.168. The molecule has 2 rings (SSSR count). The first-order valence-electron chi connectivity index (χ1n) is 4.68. The van der Waals surface area contributed by atoms with Gasteiger partial charge in [0.05, 0.1) is 13.2 Å². The summed E-state index contributed by atoms with van der Waals surface area (Å²) < 4.78 is 17.4. The van der Waals surface area contributed by atoms with Crippen LogP contribution in [0.2, 0.25) is 0 Å². The van der Waals surface area contributed by atoms with Gasteiger partial charge in [0.1, 0.15) is 5.82 Å². The van der Waals surface area contributed by atoms with Crippen molar-refractivity contribution in [1.82, 2.24) is 0 Å². The molecule has 0 aromatic heterocycles. The number of carbonyl (C=O) groups excluding carboxylic acids is 1. The molecule has 0 amide bonds. The third kappa shape index (κ3) is 1.49. The highest BCUT2D eigenvalue weighted by molar-refractivity contribution is 6.13. The van der Waals surface area contributed by atoms with Crippen molar-refractivity contribution in [3.63, 3.8) is 0 Å². The first-order valence-corrected chi connectivity index (χ1v) is 4.68. The maximum Gasteiger partial charge on any atom is 0.322 e. The Kier molecular flexibility index (Phi) is 2.47. The quantitative estimate of drug-likeness (QED) is 0.617. The van der Waals surface area contributed by atoms with E-state index >= 15 is 0 Å². The molecule has 1 aromatic carbocycles. The molecule has 4 nitrogen and oxygen atoms in total. The smallest absolute Gasteiger partial charge is 0.322 e. The molecule has 1 aliphatic heterocycles. The maximum absolute atomic E-state index is 12.6. The Morgan fingerprint density at radius 1 is 1.25 bits per heavy atom. The van der Waals surface area contributed by atoms with Gasteiger partial charge >= 0.3 is 5.97 Å². The van der Waals surface area contributed by atoms with Crippen LogP contribution in [-0.4, -0.2) is 30.1 Å². The van der Waals surface area contributed by atoms with Crippen molar-refractivity contribution < 1.29 is 23.8 Å². The largest absolute Gasteiger partial charge is 0.480 e. The molecule has 5 heteroatoms. The van der Waals surface area contributed by atoms with Crippen molar-refractivity contribution in [2.24, 2.45) is 5.41 Å². The van der Waals surface area contributed by atoms with E-state index in [1.54, 1.807) is 0 Å². The van der Waals surface area contributed by atoms with Crippen LogP contribution in [0.1, 0.15) is 10.4 Å². The fourth-order valence-electron chi connectivity index (χ4n) is 1.54. The monoisotopic (exact) mass is 224 g/mol. The third-order valence-electron chi connectivity index (χ3n) is 2.65. The normalized spacial score (nSPS) is 17.6. The van der Waals surface area contributed by atoms with Crippen molar-refractivity contribution in [2.45, 2.75) is 0 Å². The highest BCUT2D eigenvalue weighted by atomic mass is 19.1. The summed E-state index contributed by atoms with van der Waals surface area (Å²) >= 11 is 0. The molecule has 0 atom stereocenters. The molecule has 16 heavy (non-hydrogen) atoms. The minimum absolute atomic E-state index is 0.126. The minimum Gasteiger partial charge on any atom is -0.480 e. The molecule has 0 unspecified atom stereocenters. The lowest BCUT2D eigenvalue weighted by atomic mass is 9.78. The molecule has 1 aromatic rings. The molecule has 1 saturated heterocycles. The van der Waals surface area contributed by atoms with Crippen molar-refractivity contribution in [3.8, 4) is 0 Å². The molecule has 0 saturated carbocycles. The van der Waals surface area contributed by atoms with Gasteiger partial charge in [-0.1, -0.05) is 0 Å². The van der Waals surface area contributed by atoms with Gasteiger partial charge in [-0.15, -0.1) is 0 Å². The summed E-state index contributed by atoms with van der Waals surface area (Å²) in [4.78, 5) is 22.9.